The summed E-state index contributed by atoms with van der Waals surface area (Å²) in [5.74, 6) is 0. The van der Waals surface area contributed by atoms with Gasteiger partial charge in [-0.3, -0.25) is 4.70 Å². The Morgan fingerprint density at radius 3 is 1.64 bits per heavy atom. The highest BCUT2D eigenvalue weighted by atomic mass is 19.0. The summed E-state index contributed by atoms with van der Waals surface area (Å²) < 4.78 is 0. The van der Waals surface area contributed by atoms with Crippen molar-refractivity contribution < 1.29 is 4.70 Å². The lowest BCUT2D eigenvalue weighted by Gasteiger charge is -2.08. The van der Waals surface area contributed by atoms with Crippen molar-refractivity contribution in [3.8, 4) is 0 Å². The summed E-state index contributed by atoms with van der Waals surface area (Å²) in [4.78, 5) is 0. The van der Waals surface area contributed by atoms with Crippen LogP contribution >= 0.6 is 0 Å². The fourth-order valence-corrected chi connectivity index (χ4v) is 1.08. The molecule has 0 radical (unpaired) electrons. The minimum atomic E-state index is 0. The maximum atomic E-state index is 5.85. The molecule has 0 aliphatic carbocycles. The van der Waals surface area contributed by atoms with Crippen molar-refractivity contribution in [3.05, 3.63) is 0 Å². The van der Waals surface area contributed by atoms with Gasteiger partial charge in [-0.25, -0.2) is 0 Å². The van der Waals surface area contributed by atoms with Crippen LogP contribution in [0.15, 0.2) is 0 Å². The molecule has 0 aromatic rings. The Morgan fingerprint density at radius 1 is 1.00 bits per heavy atom. The van der Waals surface area contributed by atoms with Gasteiger partial charge in [-0.1, -0.05) is 39.5 Å². The Hall–Kier alpha value is -0.110. The SMILES string of the molecule is CCCCC(N)CCCC.F. The Balaban J connectivity index is 0. The zero-order valence-electron chi connectivity index (χ0n) is 7.81. The molecule has 11 heavy (non-hydrogen) atoms. The number of hydrogen-bond acceptors (Lipinski definition) is 1. The molecule has 0 rings (SSSR count). The molecule has 0 fully saturated rings. The number of unbranched alkanes of at least 4 members (excludes halogenated alkanes) is 2. The topological polar surface area (TPSA) is 26.0 Å². The van der Waals surface area contributed by atoms with Gasteiger partial charge in [-0.05, 0) is 12.8 Å². The van der Waals surface area contributed by atoms with Crippen LogP contribution < -0.4 is 5.73 Å². The van der Waals surface area contributed by atoms with Gasteiger partial charge in [0.2, 0.25) is 0 Å². The normalized spacial score (nSPS) is 9.82. The zero-order chi connectivity index (χ0) is 7.82. The first-order chi connectivity index (χ1) is 4.81. The maximum absolute atomic E-state index is 5.85. The minimum absolute atomic E-state index is 0. The quantitative estimate of drug-likeness (QED) is 0.640. The van der Waals surface area contributed by atoms with Crippen molar-refractivity contribution in [2.45, 2.75) is 58.4 Å². The molecular weight excluding hydrogens is 141 g/mol. The van der Waals surface area contributed by atoms with Crippen LogP contribution in [0.2, 0.25) is 0 Å². The van der Waals surface area contributed by atoms with Crippen LogP contribution in [-0.2, 0) is 0 Å². The highest BCUT2D eigenvalue weighted by molar-refractivity contribution is 4.59. The van der Waals surface area contributed by atoms with Gasteiger partial charge >= 0.3 is 0 Å². The molecule has 0 aromatic carbocycles. The molecule has 0 spiro atoms. The molecular formula is C9H22FN. The summed E-state index contributed by atoms with van der Waals surface area (Å²) in [6, 6.07) is 0.472. The van der Waals surface area contributed by atoms with Gasteiger partial charge in [-0.2, -0.15) is 0 Å². The van der Waals surface area contributed by atoms with E-state index in [2.05, 4.69) is 13.8 Å². The van der Waals surface area contributed by atoms with Crippen molar-refractivity contribution in [3.63, 3.8) is 0 Å². The number of hydrogen-bond donors (Lipinski definition) is 1. The summed E-state index contributed by atoms with van der Waals surface area (Å²) in [6.45, 7) is 4.43. The maximum Gasteiger partial charge on any atom is 0.00388 e. The van der Waals surface area contributed by atoms with Gasteiger partial charge in [-0.15, -0.1) is 0 Å². The number of rotatable bonds is 6. The molecule has 1 nitrogen and oxygen atoms in total. The van der Waals surface area contributed by atoms with Crippen molar-refractivity contribution in [1.29, 1.82) is 0 Å². The summed E-state index contributed by atoms with van der Waals surface area (Å²) >= 11 is 0. The van der Waals surface area contributed by atoms with Gasteiger partial charge in [0.25, 0.3) is 0 Å². The predicted octanol–water partition coefficient (Wildman–Crippen LogP) is 2.85. The van der Waals surface area contributed by atoms with E-state index in [0.29, 0.717) is 6.04 Å². The van der Waals surface area contributed by atoms with Gasteiger partial charge in [0.05, 0.1) is 0 Å². The van der Waals surface area contributed by atoms with Crippen LogP contribution in [-0.4, -0.2) is 6.04 Å². The monoisotopic (exact) mass is 163 g/mol. The number of nitrogens with two attached hydrogens (primary N) is 1. The molecule has 0 aliphatic rings. The molecule has 0 atom stereocenters. The van der Waals surface area contributed by atoms with E-state index in [1.807, 2.05) is 0 Å². The second-order valence-electron chi connectivity index (χ2n) is 3.04. The second-order valence-corrected chi connectivity index (χ2v) is 3.04. The van der Waals surface area contributed by atoms with Gasteiger partial charge in [0.15, 0.2) is 0 Å². The molecule has 2 heteroatoms. The van der Waals surface area contributed by atoms with Crippen LogP contribution in [0.1, 0.15) is 52.4 Å². The third-order valence-electron chi connectivity index (χ3n) is 1.86. The minimum Gasteiger partial charge on any atom is -0.328 e. The Kier molecular flexibility index (Phi) is 12.1. The molecule has 70 valence electrons. The van der Waals surface area contributed by atoms with Crippen molar-refractivity contribution >= 4 is 0 Å². The molecule has 0 aromatic heterocycles. The van der Waals surface area contributed by atoms with Gasteiger partial charge in [0, 0.05) is 6.04 Å². The highest BCUT2D eigenvalue weighted by Gasteiger charge is 1.99. The van der Waals surface area contributed by atoms with Crippen LogP contribution in [0, 0.1) is 0 Å². The summed E-state index contributed by atoms with van der Waals surface area (Å²) in [7, 11) is 0. The largest absolute Gasteiger partial charge is 0.328 e. The summed E-state index contributed by atoms with van der Waals surface area (Å²) in [6.07, 6.45) is 7.59. The molecule has 0 saturated carbocycles. The van der Waals surface area contributed by atoms with E-state index in [-0.39, 0.29) is 4.70 Å². The fourth-order valence-electron chi connectivity index (χ4n) is 1.08. The van der Waals surface area contributed by atoms with Crippen LogP contribution in [0.25, 0.3) is 0 Å². The average Bonchev–Trinajstić information content (AvgIpc) is 1.97. The standard InChI is InChI=1S/C9H21N.FH/c1-3-5-7-9(10)8-6-4-2;/h9H,3-8,10H2,1-2H3;1H. The first-order valence-corrected chi connectivity index (χ1v) is 4.56. The first kappa shape index (κ1) is 13.5. The van der Waals surface area contributed by atoms with Crippen LogP contribution in [0.4, 0.5) is 4.70 Å². The Bertz CT molecular complexity index is 58.6. The van der Waals surface area contributed by atoms with Crippen molar-refractivity contribution in [1.82, 2.24) is 0 Å². The van der Waals surface area contributed by atoms with E-state index in [0.717, 1.165) is 0 Å². The van der Waals surface area contributed by atoms with E-state index in [1.165, 1.54) is 38.5 Å². The van der Waals surface area contributed by atoms with E-state index in [9.17, 15) is 0 Å². The Labute approximate surface area is 69.7 Å². The van der Waals surface area contributed by atoms with E-state index in [4.69, 9.17) is 5.73 Å². The predicted molar refractivity (Wildman–Crippen MR) is 49.5 cm³/mol. The molecule has 2 N–H and O–H groups in total. The van der Waals surface area contributed by atoms with E-state index < -0.39 is 0 Å². The van der Waals surface area contributed by atoms with Crippen LogP contribution in [0.5, 0.6) is 0 Å². The molecule has 0 aliphatic heterocycles. The summed E-state index contributed by atoms with van der Waals surface area (Å²) in [5.41, 5.74) is 5.85. The summed E-state index contributed by atoms with van der Waals surface area (Å²) in [5, 5.41) is 0. The molecule has 0 amide bonds. The lowest BCUT2D eigenvalue weighted by Crippen LogP contribution is -2.19. The Morgan fingerprint density at radius 2 is 1.36 bits per heavy atom. The average molecular weight is 163 g/mol. The highest BCUT2D eigenvalue weighted by Crippen LogP contribution is 2.05. The molecule has 0 bridgehead atoms. The molecule has 0 saturated heterocycles. The third kappa shape index (κ3) is 9.89. The second kappa shape index (κ2) is 9.89. The number of halogens is 1. The first-order valence-electron chi connectivity index (χ1n) is 4.56. The van der Waals surface area contributed by atoms with Gasteiger partial charge < -0.3 is 5.73 Å². The molecule has 0 heterocycles. The van der Waals surface area contributed by atoms with Crippen molar-refractivity contribution in [2.75, 3.05) is 0 Å². The lowest BCUT2D eigenvalue weighted by molar-refractivity contribution is 0.520. The van der Waals surface area contributed by atoms with Crippen LogP contribution in [0.3, 0.4) is 0 Å². The van der Waals surface area contributed by atoms with Crippen molar-refractivity contribution in [2.24, 2.45) is 5.73 Å². The lowest BCUT2D eigenvalue weighted by atomic mass is 10.1. The van der Waals surface area contributed by atoms with Gasteiger partial charge in [0.1, 0.15) is 0 Å². The molecule has 0 unspecified atom stereocenters. The smallest absolute Gasteiger partial charge is 0.00388 e. The fraction of sp³-hybridized carbons (Fsp3) is 1.00. The van der Waals surface area contributed by atoms with E-state index in [1.54, 1.807) is 0 Å². The third-order valence-corrected chi connectivity index (χ3v) is 1.86. The van der Waals surface area contributed by atoms with E-state index >= 15 is 0 Å². The zero-order valence-corrected chi connectivity index (χ0v) is 7.81.